The minimum Gasteiger partial charge on any atom is -0.394 e. The molecule has 0 aromatic carbocycles. The van der Waals surface area contributed by atoms with Crippen molar-refractivity contribution in [3.05, 3.63) is 27.7 Å². The van der Waals surface area contributed by atoms with Crippen molar-refractivity contribution in [3.63, 3.8) is 0 Å². The van der Waals surface area contributed by atoms with Crippen molar-refractivity contribution < 1.29 is 8.78 Å². The molecular weight excluding hydrogens is 202 g/mol. The largest absolute Gasteiger partial charge is 0.394 e. The Morgan fingerprint density at radius 1 is 1.62 bits per heavy atom. The van der Waals surface area contributed by atoms with Crippen LogP contribution in [0.5, 0.6) is 0 Å². The molecule has 0 unspecified atom stereocenters. The van der Waals surface area contributed by atoms with Gasteiger partial charge in [0.05, 0.1) is 5.88 Å². The first kappa shape index (κ1) is 9.98. The lowest BCUT2D eigenvalue weighted by molar-refractivity contribution is 0.152. The Hall–Kier alpha value is -1.10. The van der Waals surface area contributed by atoms with Crippen LogP contribution in [0, 0.1) is 0 Å². The number of rotatable bonds is 2. The molecule has 0 bridgehead atoms. The highest BCUT2D eigenvalue weighted by molar-refractivity contribution is 6.16. The highest BCUT2D eigenvalue weighted by Crippen LogP contribution is 2.22. The number of anilines is 1. The van der Waals surface area contributed by atoms with Gasteiger partial charge in [-0.05, 0) is 6.07 Å². The van der Waals surface area contributed by atoms with E-state index < -0.39 is 23.2 Å². The summed E-state index contributed by atoms with van der Waals surface area (Å²) < 4.78 is 24.5. The van der Waals surface area contributed by atoms with E-state index in [2.05, 4.69) is 4.98 Å². The van der Waals surface area contributed by atoms with E-state index in [1.54, 1.807) is 0 Å². The molecular formula is C7H7ClF2N2O. The van der Waals surface area contributed by atoms with Gasteiger partial charge < -0.3 is 10.7 Å². The van der Waals surface area contributed by atoms with Crippen LogP contribution in [-0.4, -0.2) is 4.98 Å². The fourth-order valence-corrected chi connectivity index (χ4v) is 1.04. The number of nitrogen functional groups attached to an aromatic ring is 1. The first-order chi connectivity index (χ1) is 6.06. The third-order valence-corrected chi connectivity index (χ3v) is 1.83. The van der Waals surface area contributed by atoms with Crippen molar-refractivity contribution in [1.29, 1.82) is 0 Å². The van der Waals surface area contributed by atoms with Gasteiger partial charge in [0, 0.05) is 11.3 Å². The Morgan fingerprint density at radius 3 is 2.69 bits per heavy atom. The van der Waals surface area contributed by atoms with Gasteiger partial charge in [-0.3, -0.25) is 4.79 Å². The molecule has 1 aromatic heterocycles. The number of alkyl halides is 3. The molecule has 72 valence electrons. The Morgan fingerprint density at radius 2 is 2.23 bits per heavy atom. The molecule has 0 saturated heterocycles. The maximum absolute atomic E-state index is 12.2. The van der Waals surface area contributed by atoms with E-state index in [4.69, 9.17) is 17.3 Å². The predicted octanol–water partition coefficient (Wildman–Crippen LogP) is 1.63. The molecule has 0 radical (unpaired) electrons. The summed E-state index contributed by atoms with van der Waals surface area (Å²) in [6, 6.07) is 1.09. The molecule has 0 aliphatic heterocycles. The van der Waals surface area contributed by atoms with Crippen LogP contribution in [0.15, 0.2) is 10.9 Å². The second-order valence-electron chi connectivity index (χ2n) is 2.43. The number of halogens is 3. The molecule has 3 nitrogen and oxygen atoms in total. The minimum absolute atomic E-state index is 0.0325. The molecule has 1 heterocycles. The van der Waals surface area contributed by atoms with E-state index in [0.29, 0.717) is 0 Å². The molecule has 0 amide bonds. The van der Waals surface area contributed by atoms with Crippen molar-refractivity contribution in [3.8, 4) is 0 Å². The highest BCUT2D eigenvalue weighted by atomic mass is 35.5. The molecule has 6 heteroatoms. The van der Waals surface area contributed by atoms with E-state index in [1.165, 1.54) is 0 Å². The lowest BCUT2D eigenvalue weighted by Crippen LogP contribution is -2.16. The van der Waals surface area contributed by atoms with E-state index in [9.17, 15) is 13.6 Å². The maximum atomic E-state index is 12.2. The van der Waals surface area contributed by atoms with Crippen LogP contribution in [0.2, 0.25) is 0 Å². The van der Waals surface area contributed by atoms with Crippen LogP contribution in [0.1, 0.15) is 17.7 Å². The van der Waals surface area contributed by atoms with Crippen molar-refractivity contribution in [2.75, 3.05) is 5.73 Å². The van der Waals surface area contributed by atoms with Crippen LogP contribution in [0.25, 0.3) is 0 Å². The van der Waals surface area contributed by atoms with Gasteiger partial charge in [-0.25, -0.2) is 8.78 Å². The summed E-state index contributed by atoms with van der Waals surface area (Å²) in [5, 5.41) is 0. The average Bonchev–Trinajstić information content (AvgIpc) is 2.09. The Bertz CT molecular complexity index is 364. The summed E-state index contributed by atoms with van der Waals surface area (Å²) in [5.41, 5.74) is 3.72. The third-order valence-electron chi connectivity index (χ3n) is 1.54. The Balaban J connectivity index is 3.33. The second-order valence-corrected chi connectivity index (χ2v) is 2.69. The lowest BCUT2D eigenvalue weighted by Gasteiger charge is -2.04. The molecule has 0 aliphatic carbocycles. The zero-order valence-electron chi connectivity index (χ0n) is 6.48. The molecule has 0 saturated carbocycles. The van der Waals surface area contributed by atoms with Crippen LogP contribution in [0.3, 0.4) is 0 Å². The second kappa shape index (κ2) is 3.74. The molecule has 3 N–H and O–H groups in total. The number of nitrogens with two attached hydrogens (primary N) is 1. The van der Waals surface area contributed by atoms with Crippen LogP contribution < -0.4 is 11.3 Å². The number of aromatic amines is 1. The van der Waals surface area contributed by atoms with E-state index in [0.717, 1.165) is 6.07 Å². The van der Waals surface area contributed by atoms with Crippen LogP contribution in [-0.2, 0) is 5.88 Å². The number of hydrogen-bond acceptors (Lipinski definition) is 2. The standard InChI is InChI=1S/C7H7ClF2N2O/c8-2-3-1-4(6(9)10)5(11)7(13)12-3/h1,6H,2,11H2,(H,12,13). The molecule has 1 rings (SSSR count). The third kappa shape index (κ3) is 1.98. The monoisotopic (exact) mass is 208 g/mol. The molecule has 1 aromatic rings. The number of H-pyrrole nitrogens is 1. The summed E-state index contributed by atoms with van der Waals surface area (Å²) >= 11 is 5.37. The number of pyridine rings is 1. The minimum atomic E-state index is -2.76. The van der Waals surface area contributed by atoms with Gasteiger partial charge in [0.2, 0.25) is 0 Å². The Labute approximate surface area is 77.5 Å². The maximum Gasteiger partial charge on any atom is 0.271 e. The molecule has 0 spiro atoms. The van der Waals surface area contributed by atoms with E-state index in [-0.39, 0.29) is 11.6 Å². The summed E-state index contributed by atoms with van der Waals surface area (Å²) in [4.78, 5) is 13.2. The lowest BCUT2D eigenvalue weighted by atomic mass is 10.2. The van der Waals surface area contributed by atoms with Gasteiger partial charge in [-0.15, -0.1) is 11.6 Å². The van der Waals surface area contributed by atoms with Gasteiger partial charge in [-0.1, -0.05) is 0 Å². The fraction of sp³-hybridized carbons (Fsp3) is 0.286. The first-order valence-corrected chi connectivity index (χ1v) is 3.95. The van der Waals surface area contributed by atoms with Crippen LogP contribution in [0.4, 0.5) is 14.5 Å². The quantitative estimate of drug-likeness (QED) is 0.726. The molecule has 0 aliphatic rings. The van der Waals surface area contributed by atoms with Gasteiger partial charge >= 0.3 is 0 Å². The normalized spacial score (nSPS) is 10.8. The number of hydrogen-bond donors (Lipinski definition) is 2. The topological polar surface area (TPSA) is 58.9 Å². The molecule has 13 heavy (non-hydrogen) atoms. The zero-order valence-corrected chi connectivity index (χ0v) is 7.24. The first-order valence-electron chi connectivity index (χ1n) is 3.42. The smallest absolute Gasteiger partial charge is 0.271 e. The van der Waals surface area contributed by atoms with Gasteiger partial charge in [0.15, 0.2) is 0 Å². The number of nitrogens with one attached hydrogen (secondary N) is 1. The molecule has 0 fully saturated rings. The van der Waals surface area contributed by atoms with Gasteiger partial charge in [-0.2, -0.15) is 0 Å². The van der Waals surface area contributed by atoms with Crippen molar-refractivity contribution in [2.45, 2.75) is 12.3 Å². The fourth-order valence-electron chi connectivity index (χ4n) is 0.898. The average molecular weight is 209 g/mol. The predicted molar refractivity (Wildman–Crippen MR) is 46.0 cm³/mol. The van der Waals surface area contributed by atoms with Gasteiger partial charge in [0.25, 0.3) is 12.0 Å². The number of aromatic nitrogens is 1. The van der Waals surface area contributed by atoms with Crippen LogP contribution >= 0.6 is 11.6 Å². The highest BCUT2D eigenvalue weighted by Gasteiger charge is 2.14. The summed E-state index contributed by atoms with van der Waals surface area (Å²) in [6.45, 7) is 0. The summed E-state index contributed by atoms with van der Waals surface area (Å²) in [7, 11) is 0. The Kier molecular flexibility index (Phi) is 2.87. The molecule has 0 atom stereocenters. The van der Waals surface area contributed by atoms with Crippen molar-refractivity contribution in [1.82, 2.24) is 4.98 Å². The zero-order chi connectivity index (χ0) is 10.0. The van der Waals surface area contributed by atoms with Crippen molar-refractivity contribution >= 4 is 17.3 Å². The summed E-state index contributed by atoms with van der Waals surface area (Å²) in [6.07, 6.45) is -2.76. The summed E-state index contributed by atoms with van der Waals surface area (Å²) in [5.74, 6) is -0.0325. The van der Waals surface area contributed by atoms with Gasteiger partial charge in [0.1, 0.15) is 5.69 Å². The van der Waals surface area contributed by atoms with E-state index in [1.807, 2.05) is 0 Å². The van der Waals surface area contributed by atoms with E-state index >= 15 is 0 Å². The van der Waals surface area contributed by atoms with Crippen molar-refractivity contribution in [2.24, 2.45) is 0 Å². The SMILES string of the molecule is Nc1c(C(F)F)cc(CCl)[nH]c1=O.